The van der Waals surface area contributed by atoms with Gasteiger partial charge in [0, 0.05) is 0 Å². The molecule has 0 spiro atoms. The minimum atomic E-state index is -3.78. The molecule has 102 valence electrons. The number of halogens is 3. The molecule has 2 aromatic rings. The smallest absolute Gasteiger partial charge is 0.265 e. The quantitative estimate of drug-likeness (QED) is 0.840. The number of anilines is 1. The summed E-state index contributed by atoms with van der Waals surface area (Å²) in [6.45, 7) is 1.60. The van der Waals surface area contributed by atoms with Gasteiger partial charge in [-0.2, -0.15) is 5.10 Å². The molecule has 0 unspecified atom stereocenters. The van der Waals surface area contributed by atoms with Crippen molar-refractivity contribution in [1.29, 1.82) is 0 Å². The van der Waals surface area contributed by atoms with Gasteiger partial charge < -0.3 is 0 Å². The van der Waals surface area contributed by atoms with Crippen molar-refractivity contribution in [2.45, 2.75) is 11.8 Å². The molecule has 1 heterocycles. The number of aryl methyl sites for hydroxylation is 1. The number of rotatable bonds is 3. The van der Waals surface area contributed by atoms with Gasteiger partial charge in [-0.25, -0.2) is 8.42 Å². The van der Waals surface area contributed by atoms with Crippen molar-refractivity contribution < 1.29 is 8.42 Å². The summed E-state index contributed by atoms with van der Waals surface area (Å²) in [5, 5.41) is 6.80. The van der Waals surface area contributed by atoms with Crippen molar-refractivity contribution in [3.63, 3.8) is 0 Å². The first-order valence-corrected chi connectivity index (χ1v) is 7.60. The topological polar surface area (TPSA) is 74.8 Å². The molecular formula is C10H8Cl3N3O2S. The molecular weight excluding hydrogens is 333 g/mol. The third kappa shape index (κ3) is 2.97. The van der Waals surface area contributed by atoms with Gasteiger partial charge >= 0.3 is 0 Å². The molecule has 0 aliphatic heterocycles. The van der Waals surface area contributed by atoms with E-state index in [1.165, 1.54) is 18.3 Å². The Morgan fingerprint density at radius 3 is 2.37 bits per heavy atom. The zero-order chi connectivity index (χ0) is 14.2. The first-order valence-electron chi connectivity index (χ1n) is 4.98. The fraction of sp³-hybridized carbons (Fsp3) is 0.100. The largest absolute Gasteiger partial charge is 0.281 e. The number of nitrogens with one attached hydrogen (secondary N) is 2. The number of sulfonamides is 1. The van der Waals surface area contributed by atoms with E-state index >= 15 is 0 Å². The van der Waals surface area contributed by atoms with E-state index in [0.29, 0.717) is 5.69 Å². The number of hydrogen-bond donors (Lipinski definition) is 2. The lowest BCUT2D eigenvalue weighted by Crippen LogP contribution is -2.13. The second-order valence-corrected chi connectivity index (χ2v) is 6.58. The molecule has 0 fully saturated rings. The van der Waals surface area contributed by atoms with Crippen molar-refractivity contribution in [3.05, 3.63) is 39.1 Å². The van der Waals surface area contributed by atoms with Gasteiger partial charge in [-0.1, -0.05) is 34.8 Å². The fourth-order valence-corrected chi connectivity index (χ4v) is 3.27. The molecule has 0 bridgehead atoms. The summed E-state index contributed by atoms with van der Waals surface area (Å²) in [6, 6.07) is 2.71. The van der Waals surface area contributed by atoms with E-state index in [1.54, 1.807) is 6.92 Å². The standard InChI is InChI=1S/C10H8Cl3N3O2S/c1-5-10(4-14-15-5)19(17,18)16-9-3-7(12)6(11)2-8(9)13/h2-4,16H,1H3,(H,14,15). The van der Waals surface area contributed by atoms with Gasteiger partial charge in [-0.05, 0) is 19.1 Å². The predicted molar refractivity (Wildman–Crippen MR) is 75.6 cm³/mol. The normalized spacial score (nSPS) is 11.6. The second-order valence-electron chi connectivity index (χ2n) is 3.71. The van der Waals surface area contributed by atoms with Crippen LogP contribution in [0.15, 0.2) is 23.2 Å². The first kappa shape index (κ1) is 14.5. The molecule has 9 heteroatoms. The number of H-pyrrole nitrogens is 1. The van der Waals surface area contributed by atoms with Crippen LogP contribution in [-0.2, 0) is 10.0 Å². The zero-order valence-corrected chi connectivity index (χ0v) is 12.6. The van der Waals surface area contributed by atoms with Crippen LogP contribution in [0.5, 0.6) is 0 Å². The molecule has 5 nitrogen and oxygen atoms in total. The molecule has 0 aliphatic carbocycles. The van der Waals surface area contributed by atoms with Crippen molar-refractivity contribution in [2.24, 2.45) is 0 Å². The number of benzene rings is 1. The van der Waals surface area contributed by atoms with E-state index in [0.717, 1.165) is 0 Å². The molecule has 2 N–H and O–H groups in total. The maximum Gasteiger partial charge on any atom is 0.265 e. The van der Waals surface area contributed by atoms with E-state index in [4.69, 9.17) is 34.8 Å². The average Bonchev–Trinajstić information content (AvgIpc) is 2.73. The van der Waals surface area contributed by atoms with Crippen LogP contribution in [-0.4, -0.2) is 18.6 Å². The summed E-state index contributed by atoms with van der Waals surface area (Å²) in [5.74, 6) is 0. The van der Waals surface area contributed by atoms with Crippen LogP contribution in [0.4, 0.5) is 5.69 Å². The Kier molecular flexibility index (Phi) is 3.96. The Morgan fingerprint density at radius 2 is 1.79 bits per heavy atom. The highest BCUT2D eigenvalue weighted by Gasteiger charge is 2.20. The molecule has 0 amide bonds. The van der Waals surface area contributed by atoms with Gasteiger partial charge in [0.05, 0.1) is 32.6 Å². The summed E-state index contributed by atoms with van der Waals surface area (Å²) < 4.78 is 26.6. The zero-order valence-electron chi connectivity index (χ0n) is 9.54. The Balaban J connectivity index is 2.42. The third-order valence-corrected chi connectivity index (χ3v) is 4.84. The van der Waals surface area contributed by atoms with Crippen molar-refractivity contribution in [3.8, 4) is 0 Å². The van der Waals surface area contributed by atoms with E-state index in [1.807, 2.05) is 0 Å². The third-order valence-electron chi connectivity index (χ3n) is 2.33. The molecule has 0 aliphatic rings. The van der Waals surface area contributed by atoms with Crippen LogP contribution < -0.4 is 4.72 Å². The first-order chi connectivity index (χ1) is 8.81. The summed E-state index contributed by atoms with van der Waals surface area (Å²) in [7, 11) is -3.78. The number of nitrogens with zero attached hydrogens (tertiary/aromatic N) is 1. The predicted octanol–water partition coefficient (Wildman–Crippen LogP) is 3.48. The van der Waals surface area contributed by atoms with E-state index in [9.17, 15) is 8.42 Å². The van der Waals surface area contributed by atoms with E-state index in [-0.39, 0.29) is 25.7 Å². The van der Waals surface area contributed by atoms with Gasteiger partial charge in [0.25, 0.3) is 10.0 Å². The van der Waals surface area contributed by atoms with Crippen molar-refractivity contribution >= 4 is 50.5 Å². The summed E-state index contributed by atoms with van der Waals surface area (Å²) >= 11 is 17.5. The Bertz CT molecular complexity index is 728. The molecule has 0 atom stereocenters. The molecule has 1 aromatic heterocycles. The Hall–Kier alpha value is -0.950. The fourth-order valence-electron chi connectivity index (χ4n) is 1.41. The summed E-state index contributed by atoms with van der Waals surface area (Å²) in [6.07, 6.45) is 1.21. The average molecular weight is 341 g/mol. The molecule has 2 rings (SSSR count). The van der Waals surface area contributed by atoms with Crippen LogP contribution in [0.1, 0.15) is 5.69 Å². The maximum atomic E-state index is 12.1. The highest BCUT2D eigenvalue weighted by atomic mass is 35.5. The Morgan fingerprint density at radius 1 is 1.16 bits per heavy atom. The highest BCUT2D eigenvalue weighted by Crippen LogP contribution is 2.33. The van der Waals surface area contributed by atoms with Gasteiger partial charge in [0.15, 0.2) is 0 Å². The Labute approximate surface area is 124 Å². The van der Waals surface area contributed by atoms with Gasteiger partial charge in [-0.3, -0.25) is 9.82 Å². The second kappa shape index (κ2) is 5.20. The van der Waals surface area contributed by atoms with Gasteiger partial charge in [-0.15, -0.1) is 0 Å². The maximum absolute atomic E-state index is 12.1. The summed E-state index contributed by atoms with van der Waals surface area (Å²) in [5.41, 5.74) is 0.570. The lowest BCUT2D eigenvalue weighted by Gasteiger charge is -2.10. The monoisotopic (exact) mass is 339 g/mol. The molecule has 0 saturated heterocycles. The van der Waals surface area contributed by atoms with E-state index < -0.39 is 10.0 Å². The molecule has 19 heavy (non-hydrogen) atoms. The van der Waals surface area contributed by atoms with Crippen LogP contribution in [0.2, 0.25) is 15.1 Å². The van der Waals surface area contributed by atoms with Crippen LogP contribution in [0, 0.1) is 6.92 Å². The molecule has 0 saturated carbocycles. The van der Waals surface area contributed by atoms with Crippen LogP contribution in [0.25, 0.3) is 0 Å². The molecule has 1 aromatic carbocycles. The van der Waals surface area contributed by atoms with E-state index in [2.05, 4.69) is 14.9 Å². The minimum Gasteiger partial charge on any atom is -0.281 e. The minimum absolute atomic E-state index is 0.0367. The molecule has 0 radical (unpaired) electrons. The van der Waals surface area contributed by atoms with Crippen LogP contribution in [0.3, 0.4) is 0 Å². The van der Waals surface area contributed by atoms with Crippen molar-refractivity contribution in [1.82, 2.24) is 10.2 Å². The number of aromatic nitrogens is 2. The summed E-state index contributed by atoms with van der Waals surface area (Å²) in [4.78, 5) is 0.0367. The van der Waals surface area contributed by atoms with Crippen molar-refractivity contribution in [2.75, 3.05) is 4.72 Å². The van der Waals surface area contributed by atoms with Gasteiger partial charge in [0.1, 0.15) is 4.90 Å². The van der Waals surface area contributed by atoms with Gasteiger partial charge in [0.2, 0.25) is 0 Å². The lowest BCUT2D eigenvalue weighted by atomic mass is 10.3. The SMILES string of the molecule is Cc1[nH]ncc1S(=O)(=O)Nc1cc(Cl)c(Cl)cc1Cl. The highest BCUT2D eigenvalue weighted by molar-refractivity contribution is 7.92. The number of hydrogen-bond acceptors (Lipinski definition) is 3. The van der Waals surface area contributed by atoms with Crippen LogP contribution >= 0.6 is 34.8 Å². The lowest BCUT2D eigenvalue weighted by molar-refractivity contribution is 0.600. The number of aromatic amines is 1.